The van der Waals surface area contributed by atoms with Gasteiger partial charge in [0.25, 0.3) is 0 Å². The number of alkyl halides is 6. The van der Waals surface area contributed by atoms with Crippen LogP contribution < -0.4 is 26.9 Å². The van der Waals surface area contributed by atoms with Gasteiger partial charge in [-0.1, -0.05) is 11.3 Å². The number of rotatable bonds is 9. The number of hydrazine groups is 1. The summed E-state index contributed by atoms with van der Waals surface area (Å²) in [7, 11) is 1.57. The van der Waals surface area contributed by atoms with Crippen molar-refractivity contribution < 1.29 is 26.3 Å². The Morgan fingerprint density at radius 3 is 2.19 bits per heavy atom. The number of halogens is 6. The first-order chi connectivity index (χ1) is 22.2. The van der Waals surface area contributed by atoms with E-state index in [9.17, 15) is 26.3 Å². The molecule has 0 amide bonds. The maximum absolute atomic E-state index is 13.6. The zero-order chi connectivity index (χ0) is 34.5. The number of hydrogen-bond donors (Lipinski definition) is 5. The molecule has 1 fully saturated rings. The Balaban J connectivity index is 1.67. The van der Waals surface area contributed by atoms with Crippen LogP contribution in [0.4, 0.5) is 37.7 Å². The van der Waals surface area contributed by atoms with Crippen LogP contribution in [0, 0.1) is 25.3 Å². The highest BCUT2D eigenvalue weighted by Gasteiger charge is 2.37. The van der Waals surface area contributed by atoms with Gasteiger partial charge in [0.1, 0.15) is 0 Å². The monoisotopic (exact) mass is 669 g/mol. The van der Waals surface area contributed by atoms with Crippen LogP contribution in [0.2, 0.25) is 0 Å². The molecule has 258 valence electrons. The van der Waals surface area contributed by atoms with Crippen molar-refractivity contribution in [1.29, 1.82) is 5.53 Å². The highest BCUT2D eigenvalue weighted by Crippen LogP contribution is 2.44. The molecule has 0 saturated carbocycles. The second-order valence-electron chi connectivity index (χ2n) is 12.0. The largest absolute Gasteiger partial charge is 0.416 e. The molecule has 6 N–H and O–H groups in total. The molecule has 47 heavy (non-hydrogen) atoms. The van der Waals surface area contributed by atoms with Gasteiger partial charge in [0.15, 0.2) is 0 Å². The fourth-order valence-electron chi connectivity index (χ4n) is 6.49. The lowest BCUT2D eigenvalue weighted by atomic mass is 9.92. The summed E-state index contributed by atoms with van der Waals surface area (Å²) in [5.41, 5.74) is 14.8. The van der Waals surface area contributed by atoms with Crippen LogP contribution in [0.25, 0.3) is 0 Å². The number of hydrazone groups is 2. The Kier molecular flexibility index (Phi) is 11.1. The SMILES string of the molecule is C=NN/C(=N/N)N1CCC(CN2CCCC(NCc3cc(C(F)(F)F)cc(C(F)(F)F)c3)c3c(NN(C)N=N)c(C)cc(C)c32)CC1. The molecule has 2 aliphatic rings. The van der Waals surface area contributed by atoms with Gasteiger partial charge >= 0.3 is 12.4 Å². The van der Waals surface area contributed by atoms with Crippen LogP contribution in [-0.2, 0) is 18.9 Å². The number of benzene rings is 2. The quantitative estimate of drug-likeness (QED) is 0.0543. The Morgan fingerprint density at radius 1 is 1.00 bits per heavy atom. The van der Waals surface area contributed by atoms with Crippen LogP contribution in [0.15, 0.2) is 39.7 Å². The van der Waals surface area contributed by atoms with E-state index in [1.807, 2.05) is 24.8 Å². The molecule has 2 aliphatic heterocycles. The minimum absolute atomic E-state index is 0.125. The van der Waals surface area contributed by atoms with E-state index >= 15 is 0 Å². The van der Waals surface area contributed by atoms with Crippen LogP contribution in [-0.4, -0.2) is 55.9 Å². The average molecular weight is 670 g/mol. The van der Waals surface area contributed by atoms with Crippen molar-refractivity contribution in [2.45, 2.75) is 64.5 Å². The highest BCUT2D eigenvalue weighted by atomic mass is 19.4. The van der Waals surface area contributed by atoms with Crippen molar-refractivity contribution in [2.24, 2.45) is 27.2 Å². The summed E-state index contributed by atoms with van der Waals surface area (Å²) in [5.74, 6) is 6.29. The van der Waals surface area contributed by atoms with E-state index in [0.717, 1.165) is 60.3 Å². The average Bonchev–Trinajstić information content (AvgIpc) is 3.19. The number of nitrogens with zero attached hydrogens (tertiary/aromatic N) is 6. The number of nitrogens with two attached hydrogens (primary N) is 1. The van der Waals surface area contributed by atoms with E-state index in [4.69, 9.17) is 11.4 Å². The first kappa shape index (κ1) is 35.6. The summed E-state index contributed by atoms with van der Waals surface area (Å²) in [6.07, 6.45) is -6.86. The Bertz CT molecular complexity index is 1420. The van der Waals surface area contributed by atoms with Crippen molar-refractivity contribution in [3.63, 3.8) is 0 Å². The minimum Gasteiger partial charge on any atom is -0.371 e. The summed E-state index contributed by atoms with van der Waals surface area (Å²) < 4.78 is 81.4. The first-order valence-corrected chi connectivity index (χ1v) is 15.2. The lowest BCUT2D eigenvalue weighted by Crippen LogP contribution is -2.46. The van der Waals surface area contributed by atoms with Crippen molar-refractivity contribution in [3.8, 4) is 0 Å². The van der Waals surface area contributed by atoms with Gasteiger partial charge in [-0.2, -0.15) is 42.1 Å². The Hall–Kier alpha value is -4.28. The number of piperidine rings is 1. The van der Waals surface area contributed by atoms with Gasteiger partial charge in [-0.05, 0) is 80.3 Å². The van der Waals surface area contributed by atoms with Crippen LogP contribution in [0.5, 0.6) is 0 Å². The normalized spacial score (nSPS) is 18.0. The molecule has 0 aromatic heterocycles. The van der Waals surface area contributed by atoms with Crippen molar-refractivity contribution in [1.82, 2.24) is 20.8 Å². The van der Waals surface area contributed by atoms with Gasteiger partial charge in [-0.25, -0.2) is 5.43 Å². The molecule has 1 saturated heterocycles. The summed E-state index contributed by atoms with van der Waals surface area (Å²) in [6, 6.07) is 3.25. The van der Waals surface area contributed by atoms with Crippen LogP contribution in [0.3, 0.4) is 0 Å². The summed E-state index contributed by atoms with van der Waals surface area (Å²) in [6.45, 7) is 9.95. The molecule has 2 aromatic carbocycles. The molecule has 17 heteroatoms. The molecule has 2 heterocycles. The smallest absolute Gasteiger partial charge is 0.371 e. The standard InChI is InChI=1S/C30H41F6N11/c1-18-12-19(2)27-25(26(18)43-45(4)44-38)24(40-16-21-13-22(29(31,32)33)15-23(14-21)30(34,35)36)6-5-9-47(27)17-20-7-10-46(11-8-20)28(41-37)42-39-3/h12-15,20,24,38,40,43H,3,5-11,16-17,37H2,1-2,4H3,(H,41,42). The predicted octanol–water partition coefficient (Wildman–Crippen LogP) is 6.12. The number of fused-ring (bicyclic) bond motifs is 1. The zero-order valence-electron chi connectivity index (χ0n) is 26.6. The molecule has 1 atom stereocenters. The van der Waals surface area contributed by atoms with E-state index in [1.54, 1.807) is 7.05 Å². The van der Waals surface area contributed by atoms with Gasteiger partial charge < -0.3 is 21.0 Å². The summed E-state index contributed by atoms with van der Waals surface area (Å²) in [5, 5.41) is 15.4. The zero-order valence-corrected chi connectivity index (χ0v) is 26.6. The number of nitrogens with one attached hydrogen (secondary N) is 4. The summed E-state index contributed by atoms with van der Waals surface area (Å²) >= 11 is 0. The number of aryl methyl sites for hydroxylation is 2. The molecule has 0 bridgehead atoms. The predicted molar refractivity (Wildman–Crippen MR) is 169 cm³/mol. The van der Waals surface area contributed by atoms with Crippen LogP contribution in [0.1, 0.15) is 65.1 Å². The second-order valence-corrected chi connectivity index (χ2v) is 12.0. The third-order valence-corrected chi connectivity index (χ3v) is 8.63. The maximum Gasteiger partial charge on any atom is 0.416 e. The van der Waals surface area contributed by atoms with Gasteiger partial charge in [-0.3, -0.25) is 5.43 Å². The Labute approximate surface area is 269 Å². The number of likely N-dealkylation sites (tertiary alicyclic amines) is 1. The fourth-order valence-corrected chi connectivity index (χ4v) is 6.49. The molecule has 0 aliphatic carbocycles. The molecule has 4 rings (SSSR count). The maximum atomic E-state index is 13.6. The third kappa shape index (κ3) is 8.55. The van der Waals surface area contributed by atoms with E-state index in [0.29, 0.717) is 43.6 Å². The van der Waals surface area contributed by atoms with Crippen molar-refractivity contribution in [2.75, 3.05) is 43.6 Å². The van der Waals surface area contributed by atoms with E-state index in [-0.39, 0.29) is 18.2 Å². The molecular weight excluding hydrogens is 628 g/mol. The fraction of sp³-hybridized carbons (Fsp3) is 0.533. The minimum atomic E-state index is -4.94. The van der Waals surface area contributed by atoms with Gasteiger partial charge in [-0.15, -0.1) is 5.10 Å². The Morgan fingerprint density at radius 2 is 1.64 bits per heavy atom. The second kappa shape index (κ2) is 14.6. The van der Waals surface area contributed by atoms with E-state index < -0.39 is 29.5 Å². The topological polar surface area (TPSA) is 133 Å². The molecular formula is C30H41F6N11. The number of guanidine groups is 1. The van der Waals surface area contributed by atoms with Crippen molar-refractivity contribution in [3.05, 3.63) is 57.6 Å². The molecule has 0 radical (unpaired) electrons. The molecule has 1 unspecified atom stereocenters. The molecule has 11 nitrogen and oxygen atoms in total. The first-order valence-electron chi connectivity index (χ1n) is 15.2. The molecule has 2 aromatic rings. The van der Waals surface area contributed by atoms with E-state index in [2.05, 4.69) is 43.2 Å². The van der Waals surface area contributed by atoms with E-state index in [1.165, 1.54) is 5.12 Å². The van der Waals surface area contributed by atoms with Gasteiger partial charge in [0.2, 0.25) is 5.96 Å². The lowest BCUT2D eigenvalue weighted by molar-refractivity contribution is -0.143. The summed E-state index contributed by atoms with van der Waals surface area (Å²) in [4.78, 5) is 4.33. The molecule has 0 spiro atoms. The number of anilines is 2. The lowest BCUT2D eigenvalue weighted by Gasteiger charge is -2.37. The number of hydrogen-bond acceptors (Lipinski definition) is 8. The highest BCUT2D eigenvalue weighted by molar-refractivity contribution is 5.79. The van der Waals surface area contributed by atoms with Crippen LogP contribution >= 0.6 is 0 Å². The third-order valence-electron chi connectivity index (χ3n) is 8.63. The van der Waals surface area contributed by atoms with Gasteiger partial charge in [0.05, 0.1) is 16.8 Å². The van der Waals surface area contributed by atoms with Gasteiger partial charge in [0, 0.05) is 63.8 Å². The van der Waals surface area contributed by atoms with Crippen molar-refractivity contribution >= 4 is 24.1 Å².